The Bertz CT molecular complexity index is 377. The zero-order chi connectivity index (χ0) is 11.8. The first-order valence-electron chi connectivity index (χ1n) is 5.95. The Balaban J connectivity index is 1.94. The summed E-state index contributed by atoms with van der Waals surface area (Å²) in [6.07, 6.45) is 2.70. The van der Waals surface area contributed by atoms with Crippen LogP contribution in [0, 0.1) is 5.92 Å². The fourth-order valence-electron chi connectivity index (χ4n) is 2.67. The van der Waals surface area contributed by atoms with Crippen LogP contribution in [-0.2, 0) is 14.6 Å². The number of ketones is 1. The molecule has 0 bridgehead atoms. The number of hydrogen-bond acceptors (Lipinski definition) is 4. The Hall–Kier alpha value is -0.420. The molecule has 1 aliphatic heterocycles. The van der Waals surface area contributed by atoms with Gasteiger partial charge in [-0.05, 0) is 19.8 Å². The highest BCUT2D eigenvalue weighted by Crippen LogP contribution is 2.24. The van der Waals surface area contributed by atoms with E-state index in [1.807, 2.05) is 6.92 Å². The summed E-state index contributed by atoms with van der Waals surface area (Å²) in [5.41, 5.74) is 0. The first kappa shape index (κ1) is 12.0. The SMILES string of the molecule is CC1CS(=O)(=O)CCN1CC1CCCC1=O. The van der Waals surface area contributed by atoms with Crippen LogP contribution in [0.4, 0.5) is 0 Å². The minimum Gasteiger partial charge on any atom is -0.299 e. The lowest BCUT2D eigenvalue weighted by Gasteiger charge is -2.34. The highest BCUT2D eigenvalue weighted by molar-refractivity contribution is 7.91. The molecule has 0 N–H and O–H groups in total. The average molecular weight is 245 g/mol. The van der Waals surface area contributed by atoms with Gasteiger partial charge in [-0.15, -0.1) is 0 Å². The molecule has 1 saturated carbocycles. The van der Waals surface area contributed by atoms with Gasteiger partial charge in [0.05, 0.1) is 11.5 Å². The molecule has 2 unspecified atom stereocenters. The van der Waals surface area contributed by atoms with Crippen LogP contribution in [0.1, 0.15) is 26.2 Å². The van der Waals surface area contributed by atoms with Gasteiger partial charge in [-0.1, -0.05) is 0 Å². The standard InChI is InChI=1S/C11H19NO3S/c1-9-8-16(14,15)6-5-12(9)7-10-3-2-4-11(10)13/h9-10H,2-8H2,1H3. The molecule has 2 rings (SSSR count). The van der Waals surface area contributed by atoms with Crippen LogP contribution in [0.3, 0.4) is 0 Å². The zero-order valence-electron chi connectivity index (χ0n) is 9.68. The van der Waals surface area contributed by atoms with Crippen LogP contribution in [0.5, 0.6) is 0 Å². The van der Waals surface area contributed by atoms with Gasteiger partial charge in [0.25, 0.3) is 0 Å². The number of carbonyl (C=O) groups excluding carboxylic acids is 1. The fourth-order valence-corrected chi connectivity index (χ4v) is 4.29. The van der Waals surface area contributed by atoms with E-state index in [9.17, 15) is 13.2 Å². The topological polar surface area (TPSA) is 54.5 Å². The molecule has 1 saturated heterocycles. The molecule has 1 aliphatic carbocycles. The third-order valence-electron chi connectivity index (χ3n) is 3.69. The van der Waals surface area contributed by atoms with Gasteiger partial charge >= 0.3 is 0 Å². The molecule has 0 radical (unpaired) electrons. The molecule has 0 aromatic rings. The first-order valence-corrected chi connectivity index (χ1v) is 7.77. The summed E-state index contributed by atoms with van der Waals surface area (Å²) < 4.78 is 22.8. The van der Waals surface area contributed by atoms with Crippen molar-refractivity contribution in [1.29, 1.82) is 0 Å². The normalized spacial score (nSPS) is 35.4. The number of carbonyl (C=O) groups is 1. The van der Waals surface area contributed by atoms with Crippen LogP contribution in [-0.4, -0.2) is 49.7 Å². The average Bonchev–Trinajstić information content (AvgIpc) is 2.56. The summed E-state index contributed by atoms with van der Waals surface area (Å²) >= 11 is 0. The molecule has 2 aliphatic rings. The molecule has 16 heavy (non-hydrogen) atoms. The Labute approximate surface area is 96.9 Å². The smallest absolute Gasteiger partial charge is 0.153 e. The number of nitrogens with zero attached hydrogens (tertiary/aromatic N) is 1. The fraction of sp³-hybridized carbons (Fsp3) is 0.909. The summed E-state index contributed by atoms with van der Waals surface area (Å²) in [7, 11) is -2.84. The zero-order valence-corrected chi connectivity index (χ0v) is 10.5. The maximum atomic E-state index is 11.5. The van der Waals surface area contributed by atoms with E-state index >= 15 is 0 Å². The lowest BCUT2D eigenvalue weighted by atomic mass is 10.1. The first-order chi connectivity index (χ1) is 7.48. The van der Waals surface area contributed by atoms with E-state index in [4.69, 9.17) is 0 Å². The van der Waals surface area contributed by atoms with Gasteiger partial charge in [-0.3, -0.25) is 9.69 Å². The molecule has 0 spiro atoms. The second-order valence-corrected chi connectivity index (χ2v) is 7.24. The quantitative estimate of drug-likeness (QED) is 0.710. The molecular weight excluding hydrogens is 226 g/mol. The molecule has 2 atom stereocenters. The van der Waals surface area contributed by atoms with Gasteiger partial charge in [0.2, 0.25) is 0 Å². The third kappa shape index (κ3) is 2.63. The van der Waals surface area contributed by atoms with Crippen molar-refractivity contribution < 1.29 is 13.2 Å². The largest absolute Gasteiger partial charge is 0.299 e. The number of hydrogen-bond donors (Lipinski definition) is 0. The molecule has 92 valence electrons. The Morgan fingerprint density at radius 3 is 2.75 bits per heavy atom. The van der Waals surface area contributed by atoms with Gasteiger partial charge in [-0.2, -0.15) is 0 Å². The van der Waals surface area contributed by atoms with E-state index in [0.717, 1.165) is 19.4 Å². The molecule has 0 aromatic heterocycles. The van der Waals surface area contributed by atoms with Crippen LogP contribution < -0.4 is 0 Å². The van der Waals surface area contributed by atoms with Crippen molar-refractivity contribution in [3.05, 3.63) is 0 Å². The van der Waals surface area contributed by atoms with Crippen molar-refractivity contribution in [2.75, 3.05) is 24.6 Å². The summed E-state index contributed by atoms with van der Waals surface area (Å²) in [4.78, 5) is 13.7. The maximum Gasteiger partial charge on any atom is 0.153 e. The van der Waals surface area contributed by atoms with Gasteiger partial charge in [0.15, 0.2) is 9.84 Å². The van der Waals surface area contributed by atoms with Crippen molar-refractivity contribution in [3.8, 4) is 0 Å². The molecule has 0 aromatic carbocycles. The van der Waals surface area contributed by atoms with E-state index in [1.54, 1.807) is 0 Å². The highest BCUT2D eigenvalue weighted by Gasteiger charge is 2.32. The van der Waals surface area contributed by atoms with Gasteiger partial charge in [0.1, 0.15) is 5.78 Å². The lowest BCUT2D eigenvalue weighted by Crippen LogP contribution is -2.48. The Morgan fingerprint density at radius 1 is 1.44 bits per heavy atom. The van der Waals surface area contributed by atoms with Crippen molar-refractivity contribution in [1.82, 2.24) is 4.90 Å². The van der Waals surface area contributed by atoms with Gasteiger partial charge in [0, 0.05) is 31.5 Å². The predicted octanol–water partition coefficient (Wildman–Crippen LogP) is 0.474. The maximum absolute atomic E-state index is 11.5. The second-order valence-electron chi connectivity index (χ2n) is 5.01. The number of Topliss-reactive ketones (excluding diaryl/α,β-unsaturated/α-hetero) is 1. The molecule has 1 heterocycles. The Kier molecular flexibility index (Phi) is 3.35. The third-order valence-corrected chi connectivity index (χ3v) is 5.49. The van der Waals surface area contributed by atoms with Crippen LogP contribution in [0.25, 0.3) is 0 Å². The van der Waals surface area contributed by atoms with Crippen LogP contribution in [0.15, 0.2) is 0 Å². The van der Waals surface area contributed by atoms with Crippen molar-refractivity contribution in [2.24, 2.45) is 5.92 Å². The molecule has 2 fully saturated rings. The summed E-state index contributed by atoms with van der Waals surface area (Å²) in [6, 6.07) is 0.0622. The second kappa shape index (κ2) is 4.45. The minimum atomic E-state index is -2.84. The molecular formula is C11H19NO3S. The minimum absolute atomic E-state index is 0.0622. The summed E-state index contributed by atoms with van der Waals surface area (Å²) in [5.74, 6) is 1.01. The van der Waals surface area contributed by atoms with Crippen LogP contribution >= 0.6 is 0 Å². The van der Waals surface area contributed by atoms with E-state index in [1.165, 1.54) is 0 Å². The number of sulfone groups is 1. The van der Waals surface area contributed by atoms with Crippen LogP contribution in [0.2, 0.25) is 0 Å². The number of rotatable bonds is 2. The van der Waals surface area contributed by atoms with Crippen molar-refractivity contribution in [2.45, 2.75) is 32.2 Å². The molecule has 0 amide bonds. The summed E-state index contributed by atoms with van der Waals surface area (Å²) in [5, 5.41) is 0. The van der Waals surface area contributed by atoms with Gasteiger partial charge in [-0.25, -0.2) is 8.42 Å². The monoisotopic (exact) mass is 245 g/mol. The lowest BCUT2D eigenvalue weighted by molar-refractivity contribution is -0.121. The van der Waals surface area contributed by atoms with Crippen molar-refractivity contribution in [3.63, 3.8) is 0 Å². The van der Waals surface area contributed by atoms with Crippen molar-refractivity contribution >= 4 is 15.6 Å². The molecule has 4 nitrogen and oxygen atoms in total. The highest BCUT2D eigenvalue weighted by atomic mass is 32.2. The van der Waals surface area contributed by atoms with Gasteiger partial charge < -0.3 is 0 Å². The van der Waals surface area contributed by atoms with E-state index < -0.39 is 9.84 Å². The summed E-state index contributed by atoms with van der Waals surface area (Å²) in [6.45, 7) is 3.29. The predicted molar refractivity (Wildman–Crippen MR) is 62.0 cm³/mol. The van der Waals surface area contributed by atoms with E-state index in [-0.39, 0.29) is 23.5 Å². The van der Waals surface area contributed by atoms with E-state index in [0.29, 0.717) is 18.7 Å². The Morgan fingerprint density at radius 2 is 2.19 bits per heavy atom. The van der Waals surface area contributed by atoms with E-state index in [2.05, 4.69) is 4.90 Å². The molecule has 5 heteroatoms.